The fourth-order valence-electron chi connectivity index (χ4n) is 9.03. The second-order valence-corrected chi connectivity index (χ2v) is 15.8. The molecule has 4 aliphatic rings. The first-order chi connectivity index (χ1) is 24.9. The first-order valence-electron chi connectivity index (χ1n) is 17.5. The predicted molar refractivity (Wildman–Crippen MR) is 182 cm³/mol. The normalized spacial score (nSPS) is 25.8. The Balaban J connectivity index is 1.01. The summed E-state index contributed by atoms with van der Waals surface area (Å²) < 4.78 is 81.4. The molecule has 0 amide bonds. The first kappa shape index (κ1) is 34.3. The van der Waals surface area contributed by atoms with Crippen molar-refractivity contribution in [3.63, 3.8) is 0 Å². The number of hydrogen-bond acceptors (Lipinski definition) is 11. The molecule has 3 saturated carbocycles. The Morgan fingerprint density at radius 1 is 0.962 bits per heavy atom. The van der Waals surface area contributed by atoms with E-state index in [1.54, 1.807) is 36.4 Å². The molecule has 272 valence electrons. The zero-order valence-corrected chi connectivity index (χ0v) is 29.2. The van der Waals surface area contributed by atoms with Gasteiger partial charge in [0.1, 0.15) is 39.4 Å². The Kier molecular flexibility index (Phi) is 8.41. The predicted octanol–water partition coefficient (Wildman–Crippen LogP) is 6.09. The van der Waals surface area contributed by atoms with E-state index in [2.05, 4.69) is 13.8 Å². The van der Waals surface area contributed by atoms with Crippen molar-refractivity contribution in [3.8, 4) is 17.2 Å². The number of carbonyl (C=O) groups is 3. The third-order valence-corrected chi connectivity index (χ3v) is 12.4. The van der Waals surface area contributed by atoms with Crippen LogP contribution < -0.4 is 14.2 Å². The molecule has 11 nitrogen and oxygen atoms in total. The van der Waals surface area contributed by atoms with Crippen molar-refractivity contribution < 1.29 is 55.4 Å². The Morgan fingerprint density at radius 2 is 1.60 bits per heavy atom. The molecule has 13 heteroatoms. The molecule has 1 heterocycles. The maximum Gasteiger partial charge on any atom is 0.344 e. The second kappa shape index (κ2) is 12.7. The number of carbonyl (C=O) groups excluding carboxylic acids is 3. The highest BCUT2D eigenvalue weighted by Crippen LogP contribution is 2.59. The summed E-state index contributed by atoms with van der Waals surface area (Å²) in [5, 5.41) is 0.654. The summed E-state index contributed by atoms with van der Waals surface area (Å²) in [7, 11) is -4.93. The monoisotopic (exact) mass is 731 g/mol. The average molecular weight is 732 g/mol. The fourth-order valence-corrected chi connectivity index (χ4v) is 9.93. The summed E-state index contributed by atoms with van der Waals surface area (Å²) >= 11 is 0. The molecule has 0 N–H and O–H groups in total. The lowest BCUT2D eigenvalue weighted by Gasteiger charge is -2.34. The van der Waals surface area contributed by atoms with Gasteiger partial charge in [0.2, 0.25) is 0 Å². The maximum atomic E-state index is 14.8. The van der Waals surface area contributed by atoms with Crippen LogP contribution in [0.4, 0.5) is 4.39 Å². The number of halogens is 1. The van der Waals surface area contributed by atoms with Crippen LogP contribution in [0.15, 0.2) is 71.6 Å². The number of esters is 3. The molecule has 0 spiro atoms. The number of benzene rings is 4. The highest BCUT2D eigenvalue weighted by molar-refractivity contribution is 7.86. The number of rotatable bonds is 10. The molecular weight excluding hydrogens is 695 g/mol. The molecule has 0 aromatic heterocycles. The quantitative estimate of drug-likeness (QED) is 0.0806. The van der Waals surface area contributed by atoms with Gasteiger partial charge in [0, 0.05) is 39.4 Å². The SMILES string of the molecule is CC(C)C1(Oc2cc(OCC(=O)OC3C4CC5C3OC(=O)C5C4C(=O)Oc3c4ccccc4c(S(=O)(=O)[O-])c4ccccc34)ccc2F)CCCC1. The van der Waals surface area contributed by atoms with Crippen LogP contribution in [0.25, 0.3) is 21.5 Å². The summed E-state index contributed by atoms with van der Waals surface area (Å²) in [6, 6.07) is 16.5. The van der Waals surface area contributed by atoms with Crippen molar-refractivity contribution in [2.75, 3.05) is 6.61 Å². The molecule has 4 aromatic carbocycles. The van der Waals surface area contributed by atoms with E-state index in [9.17, 15) is 31.7 Å². The lowest BCUT2D eigenvalue weighted by atomic mass is 9.78. The van der Waals surface area contributed by atoms with Crippen molar-refractivity contribution in [2.24, 2.45) is 29.6 Å². The van der Waals surface area contributed by atoms with Gasteiger partial charge >= 0.3 is 17.9 Å². The van der Waals surface area contributed by atoms with Crippen LogP contribution in [0, 0.1) is 35.4 Å². The van der Waals surface area contributed by atoms with Gasteiger partial charge in [-0.25, -0.2) is 17.6 Å². The van der Waals surface area contributed by atoms with Crippen LogP contribution in [0.3, 0.4) is 0 Å². The minimum absolute atomic E-state index is 0.0460. The van der Waals surface area contributed by atoms with Crippen LogP contribution in [-0.4, -0.2) is 55.3 Å². The molecule has 6 unspecified atom stereocenters. The van der Waals surface area contributed by atoms with Gasteiger partial charge in [-0.1, -0.05) is 62.4 Å². The third-order valence-electron chi connectivity index (χ3n) is 11.4. The number of ether oxygens (including phenoxy) is 5. The van der Waals surface area contributed by atoms with E-state index in [0.717, 1.165) is 25.7 Å². The molecule has 2 bridgehead atoms. The molecule has 1 aliphatic heterocycles. The largest absolute Gasteiger partial charge is 0.744 e. The van der Waals surface area contributed by atoms with Crippen LogP contribution in [0.2, 0.25) is 0 Å². The molecule has 8 rings (SSSR count). The van der Waals surface area contributed by atoms with Crippen LogP contribution in [-0.2, 0) is 34.0 Å². The Morgan fingerprint density at radius 3 is 2.21 bits per heavy atom. The smallest absolute Gasteiger partial charge is 0.344 e. The van der Waals surface area contributed by atoms with E-state index in [1.165, 1.54) is 30.3 Å². The van der Waals surface area contributed by atoms with Gasteiger partial charge in [-0.3, -0.25) is 9.59 Å². The van der Waals surface area contributed by atoms with Gasteiger partial charge in [-0.05, 0) is 50.2 Å². The van der Waals surface area contributed by atoms with Crippen molar-refractivity contribution in [3.05, 3.63) is 72.5 Å². The molecule has 6 atom stereocenters. The van der Waals surface area contributed by atoms with Crippen molar-refractivity contribution in [1.82, 2.24) is 0 Å². The second-order valence-electron chi connectivity index (χ2n) is 14.5. The maximum absolute atomic E-state index is 14.8. The molecule has 52 heavy (non-hydrogen) atoms. The minimum atomic E-state index is -4.93. The lowest BCUT2D eigenvalue weighted by Crippen LogP contribution is -2.44. The standard InChI is InChI=1S/C39H37FO11S/c1-20(2)39(15-7-8-16-39)51-29-17-21(13-14-28(29)40)47-19-30(41)48-34-26-18-27-32(38(43)50-35(27)34)31(26)37(42)49-33-22-9-3-5-11-24(22)36(52(44,45)46)25-12-6-4-10-23(25)33/h3-6,9-14,17,20,26-27,31-32,34-35H,7-8,15-16,18-19H2,1-2H3,(H,44,45,46)/p-1. The summed E-state index contributed by atoms with van der Waals surface area (Å²) in [6.07, 6.45) is 2.33. The molecule has 0 radical (unpaired) electrons. The van der Waals surface area contributed by atoms with Gasteiger partial charge in [0.25, 0.3) is 0 Å². The number of fused-ring (bicyclic) bond motifs is 3. The lowest BCUT2D eigenvalue weighted by molar-refractivity contribution is -0.165. The van der Waals surface area contributed by atoms with Crippen LogP contribution in [0.1, 0.15) is 46.0 Å². The summed E-state index contributed by atoms with van der Waals surface area (Å²) in [4.78, 5) is 39.9. The van der Waals surface area contributed by atoms with Crippen molar-refractivity contribution in [1.29, 1.82) is 0 Å². The fraction of sp³-hybridized carbons (Fsp3) is 0.410. The molecule has 1 saturated heterocycles. The highest BCUT2D eigenvalue weighted by atomic mass is 32.2. The summed E-state index contributed by atoms with van der Waals surface area (Å²) in [5.41, 5.74) is -0.477. The Labute approximate surface area is 299 Å². The van der Waals surface area contributed by atoms with Crippen molar-refractivity contribution >= 4 is 49.6 Å². The molecular formula is C39H36FO11S-. The first-order valence-corrected chi connectivity index (χ1v) is 18.9. The number of hydrogen-bond donors (Lipinski definition) is 0. The van der Waals surface area contributed by atoms with E-state index in [0.29, 0.717) is 6.42 Å². The summed E-state index contributed by atoms with van der Waals surface area (Å²) in [6.45, 7) is 3.57. The topological polar surface area (TPSA) is 155 Å². The highest BCUT2D eigenvalue weighted by Gasteiger charge is 2.70. The molecule has 4 fully saturated rings. The van der Waals surface area contributed by atoms with Crippen LogP contribution >= 0.6 is 0 Å². The third kappa shape index (κ3) is 5.65. The van der Waals surface area contributed by atoms with Crippen LogP contribution in [0.5, 0.6) is 17.2 Å². The van der Waals surface area contributed by atoms with Gasteiger partial charge < -0.3 is 28.2 Å². The van der Waals surface area contributed by atoms with E-state index in [1.807, 2.05) is 0 Å². The zero-order valence-electron chi connectivity index (χ0n) is 28.4. The average Bonchev–Trinajstić information content (AvgIpc) is 3.87. The van der Waals surface area contributed by atoms with E-state index in [-0.39, 0.29) is 50.6 Å². The zero-order chi connectivity index (χ0) is 36.5. The minimum Gasteiger partial charge on any atom is -0.744 e. The molecule has 4 aromatic rings. The van der Waals surface area contributed by atoms with E-state index < -0.39 is 80.9 Å². The van der Waals surface area contributed by atoms with Gasteiger partial charge in [-0.2, -0.15) is 0 Å². The Hall–Kier alpha value is -4.75. The Bertz CT molecular complexity index is 2170. The molecule has 3 aliphatic carbocycles. The van der Waals surface area contributed by atoms with Gasteiger partial charge in [0.15, 0.2) is 18.2 Å². The van der Waals surface area contributed by atoms with Crippen molar-refractivity contribution in [2.45, 2.75) is 68.7 Å². The van der Waals surface area contributed by atoms with E-state index >= 15 is 0 Å². The van der Waals surface area contributed by atoms with Gasteiger partial charge in [-0.15, -0.1) is 0 Å². The van der Waals surface area contributed by atoms with E-state index in [4.69, 9.17) is 23.7 Å². The summed E-state index contributed by atoms with van der Waals surface area (Å²) in [5.74, 6) is -4.99. The van der Waals surface area contributed by atoms with Gasteiger partial charge in [0.05, 0.1) is 16.7 Å².